The highest BCUT2D eigenvalue weighted by molar-refractivity contribution is 5.96. The van der Waals surface area contributed by atoms with Crippen LogP contribution in [0.4, 0.5) is 8.78 Å². The minimum absolute atomic E-state index is 0.0415. The van der Waals surface area contributed by atoms with E-state index < -0.39 is 23.5 Å². The molecule has 30 heavy (non-hydrogen) atoms. The number of nitrogens with zero attached hydrogens (tertiary/aromatic N) is 1. The van der Waals surface area contributed by atoms with Crippen LogP contribution in [-0.4, -0.2) is 22.9 Å². The first-order valence-electron chi connectivity index (χ1n) is 9.90. The van der Waals surface area contributed by atoms with Crippen LogP contribution in [0.15, 0.2) is 53.7 Å². The van der Waals surface area contributed by atoms with Crippen molar-refractivity contribution < 1.29 is 23.1 Å². The zero-order valence-electron chi connectivity index (χ0n) is 17.5. The SMILES string of the molecule is CC1=C(C(=O)OC(C)C)[C@H](c2ccc(C)cc2)CC(=O)N1Cc1cccc(F)c1F. The Morgan fingerprint density at radius 1 is 1.13 bits per heavy atom. The van der Waals surface area contributed by atoms with Crippen LogP contribution in [-0.2, 0) is 20.9 Å². The summed E-state index contributed by atoms with van der Waals surface area (Å²) in [6.07, 6.45) is -0.289. The average Bonchev–Trinajstić information content (AvgIpc) is 2.67. The van der Waals surface area contributed by atoms with Gasteiger partial charge in [0, 0.05) is 23.6 Å². The highest BCUT2D eigenvalue weighted by atomic mass is 19.2. The van der Waals surface area contributed by atoms with Gasteiger partial charge in [0.15, 0.2) is 11.6 Å². The zero-order chi connectivity index (χ0) is 22.0. The standard InChI is InChI=1S/C24H25F2NO3/c1-14(2)30-24(29)22-16(4)27(13-18-6-5-7-20(25)23(18)26)21(28)12-19(22)17-10-8-15(3)9-11-17/h5-11,14,19H,12-13H2,1-4H3/t19-/m0/s1. The van der Waals surface area contributed by atoms with E-state index in [4.69, 9.17) is 4.74 Å². The monoisotopic (exact) mass is 413 g/mol. The lowest BCUT2D eigenvalue weighted by atomic mass is 9.83. The average molecular weight is 413 g/mol. The molecule has 1 atom stereocenters. The van der Waals surface area contributed by atoms with Crippen molar-refractivity contribution in [2.45, 2.75) is 52.7 Å². The molecule has 2 aromatic rings. The molecule has 0 aromatic heterocycles. The van der Waals surface area contributed by atoms with E-state index in [2.05, 4.69) is 0 Å². The predicted molar refractivity (Wildman–Crippen MR) is 109 cm³/mol. The van der Waals surface area contributed by atoms with Crippen molar-refractivity contribution in [1.82, 2.24) is 4.90 Å². The van der Waals surface area contributed by atoms with E-state index in [9.17, 15) is 18.4 Å². The fourth-order valence-electron chi connectivity index (χ4n) is 3.67. The molecule has 4 nitrogen and oxygen atoms in total. The maximum absolute atomic E-state index is 14.2. The van der Waals surface area contributed by atoms with E-state index in [0.29, 0.717) is 11.3 Å². The molecule has 6 heteroatoms. The molecule has 0 saturated heterocycles. The molecule has 158 valence electrons. The molecule has 1 heterocycles. The molecule has 2 aromatic carbocycles. The Bertz CT molecular complexity index is 996. The minimum atomic E-state index is -0.995. The van der Waals surface area contributed by atoms with Gasteiger partial charge in [-0.25, -0.2) is 13.6 Å². The van der Waals surface area contributed by atoms with Crippen molar-refractivity contribution in [2.75, 3.05) is 0 Å². The van der Waals surface area contributed by atoms with Crippen LogP contribution >= 0.6 is 0 Å². The highest BCUT2D eigenvalue weighted by Gasteiger charge is 2.37. The molecule has 1 amide bonds. The van der Waals surface area contributed by atoms with Crippen molar-refractivity contribution in [3.63, 3.8) is 0 Å². The lowest BCUT2D eigenvalue weighted by Crippen LogP contribution is -2.38. The number of esters is 1. The largest absolute Gasteiger partial charge is 0.460 e. The van der Waals surface area contributed by atoms with Crippen molar-refractivity contribution in [3.05, 3.63) is 82.1 Å². The van der Waals surface area contributed by atoms with Gasteiger partial charge in [-0.2, -0.15) is 0 Å². The summed E-state index contributed by atoms with van der Waals surface area (Å²) in [6.45, 7) is 6.95. The number of allylic oxidation sites excluding steroid dienone is 1. The molecule has 0 N–H and O–H groups in total. The molecule has 0 spiro atoms. The first-order valence-corrected chi connectivity index (χ1v) is 9.90. The Labute approximate surface area is 175 Å². The Balaban J connectivity index is 2.05. The van der Waals surface area contributed by atoms with Crippen molar-refractivity contribution in [2.24, 2.45) is 0 Å². The maximum atomic E-state index is 14.2. The quantitative estimate of drug-likeness (QED) is 0.647. The summed E-state index contributed by atoms with van der Waals surface area (Å²) in [5.74, 6) is -3.20. The van der Waals surface area contributed by atoms with Gasteiger partial charge in [-0.15, -0.1) is 0 Å². The lowest BCUT2D eigenvalue weighted by molar-refractivity contribution is -0.143. The Hall–Kier alpha value is -3.02. The van der Waals surface area contributed by atoms with E-state index in [1.807, 2.05) is 31.2 Å². The van der Waals surface area contributed by atoms with Crippen LogP contribution in [0.5, 0.6) is 0 Å². The lowest BCUT2D eigenvalue weighted by Gasteiger charge is -2.35. The smallest absolute Gasteiger partial charge is 0.336 e. The fourth-order valence-corrected chi connectivity index (χ4v) is 3.67. The molecule has 1 aliphatic heterocycles. The molecule has 0 bridgehead atoms. The van der Waals surface area contributed by atoms with Gasteiger partial charge in [0.1, 0.15) is 0 Å². The van der Waals surface area contributed by atoms with Gasteiger partial charge in [-0.1, -0.05) is 42.0 Å². The van der Waals surface area contributed by atoms with E-state index in [1.165, 1.54) is 17.0 Å². The first kappa shape index (κ1) is 21.7. The van der Waals surface area contributed by atoms with Gasteiger partial charge < -0.3 is 9.64 Å². The summed E-state index contributed by atoms with van der Waals surface area (Å²) in [5, 5.41) is 0. The molecule has 0 fully saturated rings. The van der Waals surface area contributed by atoms with Gasteiger partial charge in [0.25, 0.3) is 0 Å². The van der Waals surface area contributed by atoms with Gasteiger partial charge >= 0.3 is 5.97 Å². The fraction of sp³-hybridized carbons (Fsp3) is 0.333. The molecule has 0 radical (unpaired) electrons. The summed E-state index contributed by atoms with van der Waals surface area (Å²) < 4.78 is 33.3. The molecule has 0 saturated carbocycles. The number of ether oxygens (including phenoxy) is 1. The van der Waals surface area contributed by atoms with E-state index in [1.54, 1.807) is 20.8 Å². The molecule has 0 unspecified atom stereocenters. The van der Waals surface area contributed by atoms with Crippen LogP contribution in [0.3, 0.4) is 0 Å². The topological polar surface area (TPSA) is 46.6 Å². The third-order valence-corrected chi connectivity index (χ3v) is 5.23. The number of halogens is 2. The van der Waals surface area contributed by atoms with E-state index >= 15 is 0 Å². The van der Waals surface area contributed by atoms with Crippen LogP contribution in [0.2, 0.25) is 0 Å². The summed E-state index contributed by atoms with van der Waals surface area (Å²) in [4.78, 5) is 27.2. The van der Waals surface area contributed by atoms with Gasteiger partial charge in [0.05, 0.1) is 18.2 Å². The minimum Gasteiger partial charge on any atom is -0.460 e. The van der Waals surface area contributed by atoms with Gasteiger partial charge in [-0.05, 0) is 39.3 Å². The second-order valence-electron chi connectivity index (χ2n) is 7.81. The van der Waals surface area contributed by atoms with Crippen molar-refractivity contribution >= 4 is 11.9 Å². The zero-order valence-corrected chi connectivity index (χ0v) is 17.5. The summed E-state index contributed by atoms with van der Waals surface area (Å²) in [7, 11) is 0. The van der Waals surface area contributed by atoms with Crippen molar-refractivity contribution in [3.8, 4) is 0 Å². The summed E-state index contributed by atoms with van der Waals surface area (Å²) >= 11 is 0. The normalized spacial score (nSPS) is 17.0. The summed E-state index contributed by atoms with van der Waals surface area (Å²) in [6, 6.07) is 11.5. The maximum Gasteiger partial charge on any atom is 0.336 e. The van der Waals surface area contributed by atoms with Crippen LogP contribution in [0.1, 0.15) is 49.8 Å². The number of hydrogen-bond acceptors (Lipinski definition) is 3. The molecular formula is C24H25F2NO3. The van der Waals surface area contributed by atoms with Crippen LogP contribution in [0.25, 0.3) is 0 Å². The van der Waals surface area contributed by atoms with Crippen LogP contribution < -0.4 is 0 Å². The Morgan fingerprint density at radius 2 is 1.80 bits per heavy atom. The number of carbonyl (C=O) groups excluding carboxylic acids is 2. The molecule has 3 rings (SSSR count). The van der Waals surface area contributed by atoms with E-state index in [0.717, 1.165) is 17.2 Å². The Morgan fingerprint density at radius 3 is 2.43 bits per heavy atom. The summed E-state index contributed by atoms with van der Waals surface area (Å²) in [5.41, 5.74) is 2.71. The first-order chi connectivity index (χ1) is 14.2. The highest BCUT2D eigenvalue weighted by Crippen LogP contribution is 2.38. The predicted octanol–water partition coefficient (Wildman–Crippen LogP) is 5.01. The second-order valence-corrected chi connectivity index (χ2v) is 7.81. The van der Waals surface area contributed by atoms with Gasteiger partial charge in [0.2, 0.25) is 5.91 Å². The van der Waals surface area contributed by atoms with Crippen LogP contribution in [0, 0.1) is 18.6 Å². The number of carbonyl (C=O) groups is 2. The molecule has 0 aliphatic carbocycles. The number of hydrogen-bond donors (Lipinski definition) is 0. The second kappa shape index (κ2) is 8.78. The molecular weight excluding hydrogens is 388 g/mol. The third kappa shape index (κ3) is 4.42. The molecule has 1 aliphatic rings. The number of benzene rings is 2. The Kier molecular flexibility index (Phi) is 6.34. The number of amides is 1. The number of aryl methyl sites for hydroxylation is 1. The number of rotatable bonds is 5. The van der Waals surface area contributed by atoms with E-state index in [-0.39, 0.29) is 30.5 Å². The van der Waals surface area contributed by atoms with Gasteiger partial charge in [-0.3, -0.25) is 4.79 Å². The van der Waals surface area contributed by atoms with Crippen molar-refractivity contribution in [1.29, 1.82) is 0 Å². The third-order valence-electron chi connectivity index (χ3n) is 5.23.